The van der Waals surface area contributed by atoms with Gasteiger partial charge in [-0.05, 0) is 34.6 Å². The maximum absolute atomic E-state index is 8.89. The number of hydrogen-bond donors (Lipinski definition) is 0. The van der Waals surface area contributed by atoms with E-state index in [1.54, 1.807) is 0 Å². The van der Waals surface area contributed by atoms with Crippen molar-refractivity contribution >= 4 is 29.8 Å². The zero-order valence-corrected chi connectivity index (χ0v) is 13.7. The summed E-state index contributed by atoms with van der Waals surface area (Å²) in [7, 11) is 0. The van der Waals surface area contributed by atoms with E-state index in [4.69, 9.17) is 49.5 Å². The molecule has 0 heterocycles. The summed E-state index contributed by atoms with van der Waals surface area (Å²) in [5.74, 6) is -5.42. The van der Waals surface area contributed by atoms with Crippen LogP contribution in [0.5, 0.6) is 0 Å². The smallest absolute Gasteiger partial charge is 0.870 e. The third-order valence-corrected chi connectivity index (χ3v) is 0. The summed E-state index contributed by atoms with van der Waals surface area (Å²) in [6.45, 7) is 4.86. The standard InChI is InChI=1S/5C2H4O2.Cr.H2O/c5*1-2(3)4;;/h5*1H3,(H,3,4);;1H2/q;;;;;+6;/p-6. The van der Waals surface area contributed by atoms with E-state index in [2.05, 4.69) is 0 Å². The number of carbonyl (C=O) groups is 5. The summed E-state index contributed by atoms with van der Waals surface area (Å²) in [6.07, 6.45) is 0. The molecule has 12 heteroatoms. The largest absolute Gasteiger partial charge is 6.00 e. The van der Waals surface area contributed by atoms with Crippen LogP contribution in [-0.4, -0.2) is 35.3 Å². The molecular weight excluding hydrogens is 348 g/mol. The summed E-state index contributed by atoms with van der Waals surface area (Å²) in [5, 5.41) is 44.4. The van der Waals surface area contributed by atoms with Gasteiger partial charge in [-0.2, -0.15) is 0 Å². The predicted octanol–water partition coefficient (Wildman–Crippen LogP) is -6.40. The molecule has 11 nitrogen and oxygen atoms in total. The van der Waals surface area contributed by atoms with E-state index in [0.717, 1.165) is 34.6 Å². The van der Waals surface area contributed by atoms with Crippen molar-refractivity contribution in [1.82, 2.24) is 0 Å². The Labute approximate surface area is 137 Å². The van der Waals surface area contributed by atoms with Crippen molar-refractivity contribution in [3.05, 3.63) is 0 Å². The quantitative estimate of drug-likeness (QED) is 0.392. The van der Waals surface area contributed by atoms with Crippen molar-refractivity contribution in [1.29, 1.82) is 0 Å². The van der Waals surface area contributed by atoms with Crippen LogP contribution in [0.2, 0.25) is 0 Å². The Morgan fingerprint density at radius 1 is 0.455 bits per heavy atom. The van der Waals surface area contributed by atoms with Crippen molar-refractivity contribution in [2.45, 2.75) is 34.6 Å². The van der Waals surface area contributed by atoms with Gasteiger partial charge in [-0.1, -0.05) is 0 Å². The Bertz CT molecular complexity index is 212. The average molecular weight is 364 g/mol. The van der Waals surface area contributed by atoms with Crippen molar-refractivity contribution in [3.8, 4) is 0 Å². The molecule has 0 aliphatic rings. The number of carboxylic acid groups (broad SMARTS) is 5. The van der Waals surface area contributed by atoms with Gasteiger partial charge in [0.25, 0.3) is 0 Å². The number of carboxylic acids is 5. The van der Waals surface area contributed by atoms with Gasteiger partial charge < -0.3 is 55.0 Å². The van der Waals surface area contributed by atoms with Crippen molar-refractivity contribution in [2.24, 2.45) is 0 Å². The van der Waals surface area contributed by atoms with Crippen molar-refractivity contribution in [2.75, 3.05) is 0 Å². The topological polar surface area (TPSA) is 231 Å². The van der Waals surface area contributed by atoms with Crippen LogP contribution < -0.4 is 25.5 Å². The molecular formula is C10H16CrO11. The van der Waals surface area contributed by atoms with Crippen LogP contribution in [0.15, 0.2) is 0 Å². The normalized spacial score (nSPS) is 5.68. The Hall–Kier alpha value is -2.16. The van der Waals surface area contributed by atoms with E-state index in [9.17, 15) is 0 Å². The Morgan fingerprint density at radius 2 is 0.455 bits per heavy atom. The molecule has 1 N–H and O–H groups in total. The third kappa shape index (κ3) is 1090. The van der Waals surface area contributed by atoms with Gasteiger partial charge in [0, 0.05) is 29.8 Å². The molecule has 0 unspecified atom stereocenters. The maximum atomic E-state index is 8.89. The molecule has 0 aromatic carbocycles. The molecule has 0 aromatic heterocycles. The predicted molar refractivity (Wildman–Crippen MR) is 55.3 cm³/mol. The number of aliphatic carboxylic acids is 5. The van der Waals surface area contributed by atoms with Gasteiger partial charge in [0.2, 0.25) is 0 Å². The Balaban J connectivity index is -0.0000000250. The third-order valence-electron chi connectivity index (χ3n) is 0. The van der Waals surface area contributed by atoms with Gasteiger partial charge >= 0.3 is 17.4 Å². The monoisotopic (exact) mass is 364 g/mol. The molecule has 128 valence electrons. The van der Waals surface area contributed by atoms with E-state index < -0.39 is 29.8 Å². The van der Waals surface area contributed by atoms with Gasteiger partial charge in [0.15, 0.2) is 0 Å². The zero-order chi connectivity index (χ0) is 17.9. The first-order valence-corrected chi connectivity index (χ1v) is 4.54. The van der Waals surface area contributed by atoms with Crippen molar-refractivity contribution in [3.63, 3.8) is 0 Å². The van der Waals surface area contributed by atoms with E-state index in [0.29, 0.717) is 0 Å². The molecule has 0 spiro atoms. The second-order valence-electron chi connectivity index (χ2n) is 2.46. The molecule has 0 radical (unpaired) electrons. The van der Waals surface area contributed by atoms with E-state index in [1.807, 2.05) is 0 Å². The van der Waals surface area contributed by atoms with E-state index in [1.165, 1.54) is 0 Å². The first-order valence-electron chi connectivity index (χ1n) is 4.54. The first kappa shape index (κ1) is 42.7. The number of hydrogen-bond acceptors (Lipinski definition) is 11. The summed E-state index contributed by atoms with van der Waals surface area (Å²) < 4.78 is 0. The fraction of sp³-hybridized carbons (Fsp3) is 0.500. The van der Waals surface area contributed by atoms with Crippen LogP contribution >= 0.6 is 0 Å². The number of rotatable bonds is 0. The summed E-state index contributed by atoms with van der Waals surface area (Å²) >= 11 is 0. The summed E-state index contributed by atoms with van der Waals surface area (Å²) in [5.41, 5.74) is 0. The molecule has 0 aromatic rings. The van der Waals surface area contributed by atoms with Crippen LogP contribution in [-0.2, 0) is 41.3 Å². The minimum Gasteiger partial charge on any atom is -0.870 e. The van der Waals surface area contributed by atoms with Crippen LogP contribution in [0.1, 0.15) is 34.6 Å². The second-order valence-corrected chi connectivity index (χ2v) is 2.46. The molecule has 0 fully saturated rings. The Morgan fingerprint density at radius 3 is 0.455 bits per heavy atom. The fourth-order valence-electron chi connectivity index (χ4n) is 0. The summed E-state index contributed by atoms with van der Waals surface area (Å²) in [4.78, 5) is 44.4. The van der Waals surface area contributed by atoms with Crippen LogP contribution in [0.25, 0.3) is 0 Å². The van der Waals surface area contributed by atoms with E-state index in [-0.39, 0.29) is 22.8 Å². The fourth-order valence-corrected chi connectivity index (χ4v) is 0. The maximum Gasteiger partial charge on any atom is 6.00 e. The van der Waals surface area contributed by atoms with Gasteiger partial charge in [-0.25, -0.2) is 0 Å². The van der Waals surface area contributed by atoms with Crippen LogP contribution in [0.4, 0.5) is 0 Å². The molecule has 0 saturated carbocycles. The minimum absolute atomic E-state index is 0. The molecule has 0 saturated heterocycles. The molecule has 0 atom stereocenters. The van der Waals surface area contributed by atoms with Crippen LogP contribution in [0.3, 0.4) is 0 Å². The van der Waals surface area contributed by atoms with Crippen LogP contribution in [0, 0.1) is 0 Å². The van der Waals surface area contributed by atoms with E-state index >= 15 is 0 Å². The van der Waals surface area contributed by atoms with Gasteiger partial charge in [0.1, 0.15) is 0 Å². The Kier molecular flexibility index (Phi) is 70.6. The minimum atomic E-state index is -1.08. The molecule has 0 rings (SSSR count). The second kappa shape index (κ2) is 36.4. The van der Waals surface area contributed by atoms with Gasteiger partial charge in [-0.3, -0.25) is 0 Å². The molecule has 22 heavy (non-hydrogen) atoms. The number of carbonyl (C=O) groups excluding carboxylic acids is 5. The van der Waals surface area contributed by atoms with Crippen molar-refractivity contribution < 1.29 is 72.3 Å². The van der Waals surface area contributed by atoms with Gasteiger partial charge in [-0.15, -0.1) is 0 Å². The molecule has 0 aliphatic carbocycles. The SMILES string of the molecule is CC(=O)[O-].CC(=O)[O-].CC(=O)[O-].CC(=O)[O-].CC(=O)[O-].[Cr+6].[OH-]. The zero-order valence-electron chi connectivity index (χ0n) is 12.4. The molecule has 0 amide bonds. The molecule has 0 bridgehead atoms. The van der Waals surface area contributed by atoms with Gasteiger partial charge in [0.05, 0.1) is 0 Å². The summed E-state index contributed by atoms with van der Waals surface area (Å²) in [6, 6.07) is 0. The first-order chi connectivity index (χ1) is 8.66. The average Bonchev–Trinajstić information content (AvgIpc) is 1.94. The molecule has 0 aliphatic heterocycles.